The van der Waals surface area contributed by atoms with Gasteiger partial charge in [0, 0.05) is 32.7 Å². The highest BCUT2D eigenvalue weighted by atomic mass is 79.9. The van der Waals surface area contributed by atoms with Crippen LogP contribution < -0.4 is 10.1 Å². The van der Waals surface area contributed by atoms with Gasteiger partial charge in [-0.1, -0.05) is 6.07 Å². The van der Waals surface area contributed by atoms with Crippen molar-refractivity contribution in [2.24, 2.45) is 5.92 Å². The lowest BCUT2D eigenvalue weighted by atomic mass is 10.1. The van der Waals surface area contributed by atoms with Crippen molar-refractivity contribution in [3.8, 4) is 5.75 Å². The summed E-state index contributed by atoms with van der Waals surface area (Å²) in [4.78, 5) is 2.53. The molecule has 0 radical (unpaired) electrons. The van der Waals surface area contributed by atoms with Crippen molar-refractivity contribution >= 4 is 15.9 Å². The summed E-state index contributed by atoms with van der Waals surface area (Å²) >= 11 is 3.58. The van der Waals surface area contributed by atoms with Crippen molar-refractivity contribution < 1.29 is 4.74 Å². The molecule has 1 aromatic rings. The Balaban J connectivity index is 1.53. The van der Waals surface area contributed by atoms with Gasteiger partial charge in [0.25, 0.3) is 0 Å². The Kier molecular flexibility index (Phi) is 4.97. The van der Waals surface area contributed by atoms with Crippen LogP contribution in [0.1, 0.15) is 18.4 Å². The summed E-state index contributed by atoms with van der Waals surface area (Å²) in [6.07, 6.45) is 3.77. The molecule has 110 valence electrons. The fourth-order valence-electron chi connectivity index (χ4n) is 2.53. The Hall–Kier alpha value is -0.580. The predicted molar refractivity (Wildman–Crippen MR) is 85.4 cm³/mol. The second kappa shape index (κ2) is 6.92. The average molecular weight is 339 g/mol. The molecule has 0 spiro atoms. The topological polar surface area (TPSA) is 24.5 Å². The van der Waals surface area contributed by atoms with Gasteiger partial charge in [-0.2, -0.15) is 0 Å². The summed E-state index contributed by atoms with van der Waals surface area (Å²) in [5.41, 5.74) is 1.37. The molecule has 0 aromatic heterocycles. The van der Waals surface area contributed by atoms with Gasteiger partial charge in [0.15, 0.2) is 0 Å². The van der Waals surface area contributed by atoms with Gasteiger partial charge < -0.3 is 15.0 Å². The Morgan fingerprint density at radius 1 is 1.25 bits per heavy atom. The highest BCUT2D eigenvalue weighted by Crippen LogP contribution is 2.32. The first-order valence-electron chi connectivity index (χ1n) is 7.65. The minimum Gasteiger partial charge on any atom is -0.492 e. The van der Waals surface area contributed by atoms with E-state index in [2.05, 4.69) is 44.3 Å². The molecule has 0 atom stereocenters. The zero-order valence-corrected chi connectivity index (χ0v) is 13.5. The number of nitrogens with one attached hydrogen (secondary N) is 1. The number of halogens is 1. The van der Waals surface area contributed by atoms with E-state index in [-0.39, 0.29) is 0 Å². The van der Waals surface area contributed by atoms with Gasteiger partial charge in [0.2, 0.25) is 0 Å². The van der Waals surface area contributed by atoms with E-state index in [1.807, 2.05) is 0 Å². The molecule has 1 saturated heterocycles. The molecular weight excluding hydrogens is 316 g/mol. The number of ether oxygens (including phenoxy) is 1. The van der Waals surface area contributed by atoms with Crippen LogP contribution in [-0.2, 0) is 6.42 Å². The lowest BCUT2D eigenvalue weighted by Crippen LogP contribution is -2.44. The molecule has 4 heteroatoms. The van der Waals surface area contributed by atoms with Crippen LogP contribution in [0, 0.1) is 5.92 Å². The number of piperazine rings is 1. The molecule has 0 bridgehead atoms. The molecule has 1 aliphatic heterocycles. The summed E-state index contributed by atoms with van der Waals surface area (Å²) in [5, 5.41) is 3.39. The van der Waals surface area contributed by atoms with Crippen LogP contribution in [0.2, 0.25) is 0 Å². The van der Waals surface area contributed by atoms with Gasteiger partial charge in [-0.15, -0.1) is 0 Å². The van der Waals surface area contributed by atoms with Crippen LogP contribution in [0.4, 0.5) is 0 Å². The first kappa shape index (κ1) is 14.4. The van der Waals surface area contributed by atoms with E-state index in [9.17, 15) is 0 Å². The number of rotatable bonds is 6. The SMILES string of the molecule is Brc1ccc(CCN2CCNCC2)cc1OCC1CC1. The van der Waals surface area contributed by atoms with Crippen molar-refractivity contribution in [2.45, 2.75) is 19.3 Å². The molecule has 1 aliphatic carbocycles. The van der Waals surface area contributed by atoms with E-state index >= 15 is 0 Å². The zero-order chi connectivity index (χ0) is 13.8. The van der Waals surface area contributed by atoms with Crippen LogP contribution in [0.25, 0.3) is 0 Å². The Morgan fingerprint density at radius 2 is 2.05 bits per heavy atom. The lowest BCUT2D eigenvalue weighted by Gasteiger charge is -2.27. The summed E-state index contributed by atoms with van der Waals surface area (Å²) < 4.78 is 7.00. The van der Waals surface area contributed by atoms with Crippen molar-refractivity contribution in [3.05, 3.63) is 28.2 Å². The lowest BCUT2D eigenvalue weighted by molar-refractivity contribution is 0.243. The molecule has 0 amide bonds. The monoisotopic (exact) mass is 338 g/mol. The minimum absolute atomic E-state index is 0.798. The normalized spacial score (nSPS) is 20.1. The Morgan fingerprint density at radius 3 is 2.80 bits per heavy atom. The third kappa shape index (κ3) is 4.21. The smallest absolute Gasteiger partial charge is 0.133 e. The fourth-order valence-corrected chi connectivity index (χ4v) is 2.89. The van der Waals surface area contributed by atoms with Gasteiger partial charge in [-0.25, -0.2) is 0 Å². The maximum atomic E-state index is 5.92. The van der Waals surface area contributed by atoms with Crippen molar-refractivity contribution in [1.82, 2.24) is 10.2 Å². The van der Waals surface area contributed by atoms with Crippen LogP contribution in [-0.4, -0.2) is 44.2 Å². The van der Waals surface area contributed by atoms with Crippen LogP contribution >= 0.6 is 15.9 Å². The third-order valence-corrected chi connectivity index (χ3v) is 4.75. The molecule has 0 unspecified atom stereocenters. The molecule has 20 heavy (non-hydrogen) atoms. The fraction of sp³-hybridized carbons (Fsp3) is 0.625. The second-order valence-corrected chi connectivity index (χ2v) is 6.72. The second-order valence-electron chi connectivity index (χ2n) is 5.86. The van der Waals surface area contributed by atoms with E-state index < -0.39 is 0 Å². The summed E-state index contributed by atoms with van der Waals surface area (Å²) in [5.74, 6) is 1.81. The molecule has 1 heterocycles. The van der Waals surface area contributed by atoms with Crippen LogP contribution in [0.5, 0.6) is 5.75 Å². The quantitative estimate of drug-likeness (QED) is 0.863. The van der Waals surface area contributed by atoms with Gasteiger partial charge in [-0.05, 0) is 58.8 Å². The molecule has 3 nitrogen and oxygen atoms in total. The third-order valence-electron chi connectivity index (χ3n) is 4.09. The molecule has 2 aliphatic rings. The van der Waals surface area contributed by atoms with Crippen LogP contribution in [0.15, 0.2) is 22.7 Å². The van der Waals surface area contributed by atoms with Crippen molar-refractivity contribution in [3.63, 3.8) is 0 Å². The molecule has 1 aromatic carbocycles. The van der Waals surface area contributed by atoms with Gasteiger partial charge >= 0.3 is 0 Å². The zero-order valence-electron chi connectivity index (χ0n) is 11.9. The highest BCUT2D eigenvalue weighted by Gasteiger charge is 2.22. The summed E-state index contributed by atoms with van der Waals surface area (Å²) in [7, 11) is 0. The van der Waals surface area contributed by atoms with Gasteiger partial charge in [-0.3, -0.25) is 0 Å². The number of nitrogens with zero attached hydrogens (tertiary/aromatic N) is 1. The number of hydrogen-bond donors (Lipinski definition) is 1. The number of hydrogen-bond acceptors (Lipinski definition) is 3. The standard InChI is InChI=1S/C16H23BrN2O/c17-15-4-3-13(5-8-19-9-6-18-7-10-19)11-16(15)20-12-14-1-2-14/h3-4,11,14,18H,1-2,5-10,12H2. The molecule has 2 fully saturated rings. The van der Waals surface area contributed by atoms with E-state index in [4.69, 9.17) is 4.74 Å². The first-order valence-corrected chi connectivity index (χ1v) is 8.45. The van der Waals surface area contributed by atoms with Gasteiger partial charge in [0.05, 0.1) is 11.1 Å². The van der Waals surface area contributed by atoms with E-state index in [1.165, 1.54) is 31.5 Å². The average Bonchev–Trinajstić information content (AvgIpc) is 3.30. The molecular formula is C16H23BrN2O. The van der Waals surface area contributed by atoms with Crippen LogP contribution in [0.3, 0.4) is 0 Å². The first-order chi connectivity index (χ1) is 9.81. The van der Waals surface area contributed by atoms with Gasteiger partial charge in [0.1, 0.15) is 5.75 Å². The minimum atomic E-state index is 0.798. The molecule has 3 rings (SSSR count). The highest BCUT2D eigenvalue weighted by molar-refractivity contribution is 9.10. The maximum absolute atomic E-state index is 5.92. The molecule has 1 N–H and O–H groups in total. The van der Waals surface area contributed by atoms with E-state index in [0.717, 1.165) is 48.8 Å². The largest absolute Gasteiger partial charge is 0.492 e. The summed E-state index contributed by atoms with van der Waals surface area (Å²) in [6, 6.07) is 6.53. The van der Waals surface area contributed by atoms with E-state index in [0.29, 0.717) is 0 Å². The predicted octanol–water partition coefficient (Wildman–Crippen LogP) is 2.69. The van der Waals surface area contributed by atoms with Crippen molar-refractivity contribution in [2.75, 3.05) is 39.3 Å². The summed E-state index contributed by atoms with van der Waals surface area (Å²) in [6.45, 7) is 6.60. The Labute approximate surface area is 129 Å². The van der Waals surface area contributed by atoms with Crippen molar-refractivity contribution in [1.29, 1.82) is 0 Å². The number of benzene rings is 1. The maximum Gasteiger partial charge on any atom is 0.133 e. The molecule has 1 saturated carbocycles. The Bertz CT molecular complexity index is 442. The van der Waals surface area contributed by atoms with E-state index in [1.54, 1.807) is 0 Å².